The molecule has 1 saturated heterocycles. The highest BCUT2D eigenvalue weighted by atomic mass is 16.5. The number of carbonyl (C=O) groups is 3. The number of urea groups is 1. The average Bonchev–Trinajstić information content (AvgIpc) is 2.72. The van der Waals surface area contributed by atoms with E-state index >= 15 is 0 Å². The van der Waals surface area contributed by atoms with Gasteiger partial charge >= 0.3 is 12.0 Å². The van der Waals surface area contributed by atoms with Crippen LogP contribution in [0.2, 0.25) is 0 Å². The van der Waals surface area contributed by atoms with E-state index in [9.17, 15) is 14.4 Å². The molecule has 2 rings (SSSR count). The van der Waals surface area contributed by atoms with Crippen LogP contribution in [0.4, 0.5) is 4.79 Å². The van der Waals surface area contributed by atoms with Crippen molar-refractivity contribution in [3.63, 3.8) is 0 Å². The third-order valence-corrected chi connectivity index (χ3v) is 5.02. The molecule has 1 heterocycles. The Kier molecular flexibility index (Phi) is 5.30. The third-order valence-electron chi connectivity index (χ3n) is 5.02. The van der Waals surface area contributed by atoms with E-state index in [0.717, 1.165) is 23.3 Å². The summed E-state index contributed by atoms with van der Waals surface area (Å²) >= 11 is 0. The second-order valence-corrected chi connectivity index (χ2v) is 7.39. The number of carbonyl (C=O) groups excluding carboxylic acids is 2. The van der Waals surface area contributed by atoms with E-state index < -0.39 is 17.1 Å². The average molecular weight is 362 g/mol. The monoisotopic (exact) mass is 362 g/mol. The minimum atomic E-state index is -1.29. The molecule has 1 unspecified atom stereocenters. The topological polar surface area (TPSA) is 87.2 Å². The molecule has 1 atom stereocenters. The Bertz CT molecular complexity index is 713. The highest BCUT2D eigenvalue weighted by molar-refractivity contribution is 6.06. The van der Waals surface area contributed by atoms with Crippen LogP contribution in [-0.2, 0) is 16.0 Å². The van der Waals surface area contributed by atoms with Gasteiger partial charge in [-0.15, -0.1) is 0 Å². The molecule has 0 aromatic heterocycles. The molecule has 7 heteroatoms. The molecule has 142 valence electrons. The largest absolute Gasteiger partial charge is 0.478 e. The number of imide groups is 1. The van der Waals surface area contributed by atoms with E-state index in [4.69, 9.17) is 9.84 Å². The number of hydrogen-bond acceptors (Lipinski definition) is 4. The number of carboxylic acids is 1. The standard InChI is InChI=1S/C19H26N2O5/c1-18(2,16(23)24)26-14-10-8-13(9-11-14)7-6-12-19(3)15(22)20(4)17(25)21(19)5/h8-11H,6-7,12H2,1-5H3,(H,23,24). The van der Waals surface area contributed by atoms with Gasteiger partial charge in [0.2, 0.25) is 0 Å². The fourth-order valence-corrected chi connectivity index (χ4v) is 3.00. The summed E-state index contributed by atoms with van der Waals surface area (Å²) in [7, 11) is 3.16. The molecule has 0 saturated carbocycles. The number of nitrogens with zero attached hydrogens (tertiary/aromatic N) is 2. The maximum Gasteiger partial charge on any atom is 0.347 e. The van der Waals surface area contributed by atoms with Crippen LogP contribution in [0.15, 0.2) is 24.3 Å². The summed E-state index contributed by atoms with van der Waals surface area (Å²) in [6.07, 6.45) is 2.06. The minimum absolute atomic E-state index is 0.176. The van der Waals surface area contributed by atoms with Crippen molar-refractivity contribution in [3.8, 4) is 5.75 Å². The van der Waals surface area contributed by atoms with E-state index in [1.807, 2.05) is 12.1 Å². The van der Waals surface area contributed by atoms with Crippen molar-refractivity contribution in [2.75, 3.05) is 14.1 Å². The van der Waals surface area contributed by atoms with Gasteiger partial charge < -0.3 is 14.7 Å². The summed E-state index contributed by atoms with van der Waals surface area (Å²) in [4.78, 5) is 38.0. The fourth-order valence-electron chi connectivity index (χ4n) is 3.00. The second kappa shape index (κ2) is 6.97. The van der Waals surface area contributed by atoms with E-state index in [1.54, 1.807) is 26.1 Å². The minimum Gasteiger partial charge on any atom is -0.478 e. The van der Waals surface area contributed by atoms with Gasteiger partial charge in [-0.1, -0.05) is 12.1 Å². The smallest absolute Gasteiger partial charge is 0.347 e. The number of ether oxygens (including phenoxy) is 1. The quantitative estimate of drug-likeness (QED) is 0.753. The van der Waals surface area contributed by atoms with Crippen molar-refractivity contribution < 1.29 is 24.2 Å². The van der Waals surface area contributed by atoms with Crippen molar-refractivity contribution in [2.45, 2.75) is 51.2 Å². The summed E-state index contributed by atoms with van der Waals surface area (Å²) < 4.78 is 5.48. The van der Waals surface area contributed by atoms with Gasteiger partial charge in [-0.3, -0.25) is 9.69 Å². The predicted molar refractivity (Wildman–Crippen MR) is 96.1 cm³/mol. The number of hydrogen-bond donors (Lipinski definition) is 1. The van der Waals surface area contributed by atoms with Crippen molar-refractivity contribution in [1.82, 2.24) is 9.80 Å². The Labute approximate surface area is 153 Å². The summed E-state index contributed by atoms with van der Waals surface area (Å²) in [5.74, 6) is -0.713. The summed E-state index contributed by atoms with van der Waals surface area (Å²) in [6.45, 7) is 4.79. The van der Waals surface area contributed by atoms with E-state index in [2.05, 4.69) is 0 Å². The Hall–Kier alpha value is -2.57. The second-order valence-electron chi connectivity index (χ2n) is 7.39. The molecule has 26 heavy (non-hydrogen) atoms. The van der Waals surface area contributed by atoms with Gasteiger partial charge in [-0.05, 0) is 57.7 Å². The van der Waals surface area contributed by atoms with Crippen LogP contribution < -0.4 is 4.74 Å². The lowest BCUT2D eigenvalue weighted by molar-refractivity contribution is -0.152. The zero-order valence-electron chi connectivity index (χ0n) is 15.9. The fraction of sp³-hybridized carbons (Fsp3) is 0.526. The van der Waals surface area contributed by atoms with Gasteiger partial charge in [0, 0.05) is 14.1 Å². The molecule has 1 fully saturated rings. The normalized spacial score (nSPS) is 20.7. The lowest BCUT2D eigenvalue weighted by atomic mass is 9.92. The van der Waals surface area contributed by atoms with Gasteiger partial charge in [0.1, 0.15) is 11.3 Å². The molecular weight excluding hydrogens is 336 g/mol. The van der Waals surface area contributed by atoms with Gasteiger partial charge in [0.15, 0.2) is 5.60 Å². The lowest BCUT2D eigenvalue weighted by Crippen LogP contribution is -2.44. The number of aliphatic carboxylic acids is 1. The molecule has 1 aromatic carbocycles. The molecule has 1 aliphatic rings. The van der Waals surface area contributed by atoms with Crippen LogP contribution in [0.25, 0.3) is 0 Å². The summed E-state index contributed by atoms with van der Waals surface area (Å²) in [6, 6.07) is 6.97. The summed E-state index contributed by atoms with van der Waals surface area (Å²) in [5, 5.41) is 9.10. The lowest BCUT2D eigenvalue weighted by Gasteiger charge is -2.28. The third kappa shape index (κ3) is 3.66. The van der Waals surface area contributed by atoms with E-state index in [1.165, 1.54) is 25.8 Å². The van der Waals surface area contributed by atoms with Crippen LogP contribution in [0.1, 0.15) is 39.2 Å². The molecule has 7 nitrogen and oxygen atoms in total. The zero-order valence-corrected chi connectivity index (χ0v) is 15.9. The first-order valence-corrected chi connectivity index (χ1v) is 8.56. The summed E-state index contributed by atoms with van der Waals surface area (Å²) in [5.41, 5.74) is -1.04. The van der Waals surface area contributed by atoms with Gasteiger partial charge in [-0.2, -0.15) is 0 Å². The first-order valence-electron chi connectivity index (χ1n) is 8.56. The SMILES string of the molecule is CN1C(=O)N(C)C(C)(CCCc2ccc(OC(C)(C)C(=O)O)cc2)C1=O. The van der Waals surface area contributed by atoms with Crippen LogP contribution >= 0.6 is 0 Å². The van der Waals surface area contributed by atoms with Crippen LogP contribution in [0.5, 0.6) is 5.75 Å². The van der Waals surface area contributed by atoms with Gasteiger partial charge in [0.05, 0.1) is 0 Å². The number of carboxylic acid groups (broad SMARTS) is 1. The molecule has 0 aliphatic carbocycles. The number of likely N-dealkylation sites (N-methyl/N-ethyl adjacent to an activating group) is 2. The number of benzene rings is 1. The van der Waals surface area contributed by atoms with Gasteiger partial charge in [0.25, 0.3) is 5.91 Å². The molecular formula is C19H26N2O5. The number of amides is 3. The first kappa shape index (κ1) is 19.8. The van der Waals surface area contributed by atoms with Crippen LogP contribution in [0.3, 0.4) is 0 Å². The van der Waals surface area contributed by atoms with Crippen molar-refractivity contribution in [1.29, 1.82) is 0 Å². The van der Waals surface area contributed by atoms with E-state index in [0.29, 0.717) is 12.2 Å². The Morgan fingerprint density at radius 1 is 1.19 bits per heavy atom. The van der Waals surface area contributed by atoms with Gasteiger partial charge in [-0.25, -0.2) is 9.59 Å². The molecule has 1 N–H and O–H groups in total. The van der Waals surface area contributed by atoms with Crippen LogP contribution in [0, 0.1) is 0 Å². The molecule has 3 amide bonds. The molecule has 0 bridgehead atoms. The Morgan fingerprint density at radius 2 is 1.77 bits per heavy atom. The first-order chi connectivity index (χ1) is 12.0. The van der Waals surface area contributed by atoms with Crippen molar-refractivity contribution in [2.24, 2.45) is 0 Å². The van der Waals surface area contributed by atoms with E-state index in [-0.39, 0.29) is 11.9 Å². The molecule has 0 spiro atoms. The Balaban J connectivity index is 1.94. The zero-order chi connectivity index (χ0) is 19.7. The maximum atomic E-state index is 12.3. The molecule has 1 aromatic rings. The number of rotatable bonds is 7. The number of aryl methyl sites for hydroxylation is 1. The highest BCUT2D eigenvalue weighted by Gasteiger charge is 2.50. The Morgan fingerprint density at radius 3 is 2.23 bits per heavy atom. The van der Waals surface area contributed by atoms with Crippen molar-refractivity contribution >= 4 is 17.9 Å². The molecule has 1 aliphatic heterocycles. The van der Waals surface area contributed by atoms with Crippen LogP contribution in [-0.4, -0.2) is 58.0 Å². The van der Waals surface area contributed by atoms with Crippen molar-refractivity contribution in [3.05, 3.63) is 29.8 Å². The molecule has 0 radical (unpaired) electrons. The highest BCUT2D eigenvalue weighted by Crippen LogP contribution is 2.30. The predicted octanol–water partition coefficient (Wildman–Crippen LogP) is 2.53. The maximum absolute atomic E-state index is 12.3.